The highest BCUT2D eigenvalue weighted by molar-refractivity contribution is 5.93. The Morgan fingerprint density at radius 1 is 1.29 bits per heavy atom. The minimum absolute atomic E-state index is 0.0693. The van der Waals surface area contributed by atoms with Crippen LogP contribution in [-0.4, -0.2) is 60.3 Å². The second kappa shape index (κ2) is 12.2. The first-order valence-electron chi connectivity index (χ1n) is 11.5. The van der Waals surface area contributed by atoms with Crippen LogP contribution in [0.4, 0.5) is 5.82 Å². The molecule has 184 valence electrons. The van der Waals surface area contributed by atoms with Crippen molar-refractivity contribution in [3.63, 3.8) is 0 Å². The predicted molar refractivity (Wildman–Crippen MR) is 130 cm³/mol. The van der Waals surface area contributed by atoms with Gasteiger partial charge in [-0.2, -0.15) is 5.10 Å². The molecule has 34 heavy (non-hydrogen) atoms. The Labute approximate surface area is 200 Å². The Balaban J connectivity index is 1.58. The molecule has 2 aromatic rings. The highest BCUT2D eigenvalue weighted by Crippen LogP contribution is 2.28. The molecule has 1 atom stereocenters. The molecule has 0 radical (unpaired) electrons. The summed E-state index contributed by atoms with van der Waals surface area (Å²) in [5, 5.41) is 8.80. The van der Waals surface area contributed by atoms with E-state index in [9.17, 15) is 9.59 Å². The number of benzene rings is 1. The molecule has 1 aliphatic heterocycles. The Morgan fingerprint density at radius 2 is 2.00 bits per heavy atom. The molecule has 1 aromatic carbocycles. The lowest BCUT2D eigenvalue weighted by Crippen LogP contribution is -2.40. The number of hydrogen-bond donors (Lipinski definition) is 3. The highest BCUT2D eigenvalue weighted by Gasteiger charge is 2.22. The van der Waals surface area contributed by atoms with Crippen molar-refractivity contribution in [3.8, 4) is 0 Å². The predicted octanol–water partition coefficient (Wildman–Crippen LogP) is 1.09. The third-order valence-corrected chi connectivity index (χ3v) is 5.78. The third-order valence-electron chi connectivity index (χ3n) is 5.78. The van der Waals surface area contributed by atoms with Crippen molar-refractivity contribution in [2.24, 2.45) is 11.6 Å². The lowest BCUT2D eigenvalue weighted by atomic mass is 9.97. The van der Waals surface area contributed by atoms with Crippen molar-refractivity contribution in [2.75, 3.05) is 32.2 Å². The number of anilines is 1. The molecule has 1 fully saturated rings. The van der Waals surface area contributed by atoms with E-state index in [1.165, 1.54) is 11.2 Å². The van der Waals surface area contributed by atoms with Crippen LogP contribution in [0, 0.1) is 0 Å². The van der Waals surface area contributed by atoms with Gasteiger partial charge in [-0.1, -0.05) is 30.3 Å². The van der Waals surface area contributed by atoms with Gasteiger partial charge in [0.2, 0.25) is 0 Å². The first-order chi connectivity index (χ1) is 16.4. The van der Waals surface area contributed by atoms with Crippen molar-refractivity contribution in [1.29, 1.82) is 0 Å². The third kappa shape index (κ3) is 7.06. The first kappa shape index (κ1) is 25.3. The molecule has 5 N–H and O–H groups in total. The van der Waals surface area contributed by atoms with E-state index in [-0.39, 0.29) is 5.70 Å². The number of carbonyl (C=O) groups excluding carboxylic acids is 2. The van der Waals surface area contributed by atoms with E-state index < -0.39 is 11.9 Å². The second-order valence-corrected chi connectivity index (χ2v) is 8.68. The molecule has 1 aromatic heterocycles. The second-order valence-electron chi connectivity index (χ2n) is 8.68. The van der Waals surface area contributed by atoms with Gasteiger partial charge in [0.15, 0.2) is 0 Å². The van der Waals surface area contributed by atoms with E-state index >= 15 is 0 Å². The summed E-state index contributed by atoms with van der Waals surface area (Å²) in [6.07, 6.45) is 4.36. The van der Waals surface area contributed by atoms with Crippen LogP contribution in [-0.2, 0) is 27.4 Å². The number of carbonyl (C=O) groups is 2. The van der Waals surface area contributed by atoms with Gasteiger partial charge in [0.25, 0.3) is 5.91 Å². The van der Waals surface area contributed by atoms with Gasteiger partial charge in [-0.15, -0.1) is 0 Å². The summed E-state index contributed by atoms with van der Waals surface area (Å²) in [6.45, 7) is 2.36. The number of aldehydes is 1. The lowest BCUT2D eigenvalue weighted by molar-refractivity contribution is -0.121. The molecule has 0 aliphatic carbocycles. The minimum atomic E-state index is -0.703. The van der Waals surface area contributed by atoms with Crippen LogP contribution < -0.4 is 21.8 Å². The van der Waals surface area contributed by atoms with Gasteiger partial charge < -0.3 is 30.5 Å². The zero-order chi connectivity index (χ0) is 24.5. The zero-order valence-corrected chi connectivity index (χ0v) is 19.9. The Bertz CT molecular complexity index is 968. The molecule has 2 heterocycles. The molecule has 1 saturated heterocycles. The van der Waals surface area contributed by atoms with E-state index in [0.717, 1.165) is 43.1 Å². The number of aryl methyl sites for hydroxylation is 1. The molecule has 0 bridgehead atoms. The standard InChI is InChI=1S/C24H35N7O3/c1-29(2)23-14-22(19-9-12-34-13-10-19)28-31(23)11-8-20(17-32)27-24(33)21(25)16-30(26)15-18-6-4-3-5-7-18/h3-7,14,16-17,19-20H,8-13,15,25-26H2,1-2H3,(H,27,33)/b21-16-. The Kier molecular flexibility index (Phi) is 9.06. The van der Waals surface area contributed by atoms with Crippen molar-refractivity contribution >= 4 is 18.0 Å². The number of nitrogens with two attached hydrogens (primary N) is 2. The number of nitrogens with one attached hydrogen (secondary N) is 1. The molecular weight excluding hydrogens is 434 g/mol. The normalized spacial score (nSPS) is 15.6. The summed E-state index contributed by atoms with van der Waals surface area (Å²) in [5.74, 6) is 6.74. The fourth-order valence-electron chi connectivity index (χ4n) is 3.91. The minimum Gasteiger partial charge on any atom is -0.393 e. The van der Waals surface area contributed by atoms with Gasteiger partial charge in [-0.05, 0) is 24.8 Å². The summed E-state index contributed by atoms with van der Waals surface area (Å²) >= 11 is 0. The van der Waals surface area contributed by atoms with Crippen molar-refractivity contribution < 1.29 is 14.3 Å². The molecular formula is C24H35N7O3. The van der Waals surface area contributed by atoms with Gasteiger partial charge >= 0.3 is 0 Å². The molecule has 0 saturated carbocycles. The van der Waals surface area contributed by atoms with Crippen molar-refractivity contribution in [2.45, 2.75) is 44.3 Å². The number of rotatable bonds is 11. The molecule has 1 aliphatic rings. The van der Waals surface area contributed by atoms with E-state index in [1.54, 1.807) is 0 Å². The fraction of sp³-hybridized carbons (Fsp3) is 0.458. The number of aromatic nitrogens is 2. The zero-order valence-electron chi connectivity index (χ0n) is 19.9. The monoisotopic (exact) mass is 469 g/mol. The molecule has 0 spiro atoms. The van der Waals surface area contributed by atoms with Crippen LogP contribution in [0.3, 0.4) is 0 Å². The maximum atomic E-state index is 12.5. The van der Waals surface area contributed by atoms with Gasteiger partial charge in [-0.25, -0.2) is 10.5 Å². The molecule has 10 nitrogen and oxygen atoms in total. The van der Waals surface area contributed by atoms with Crippen LogP contribution in [0.1, 0.15) is 36.4 Å². The van der Waals surface area contributed by atoms with E-state index in [2.05, 4.69) is 11.4 Å². The average molecular weight is 470 g/mol. The highest BCUT2D eigenvalue weighted by atomic mass is 16.5. The number of hydrazine groups is 1. The largest absolute Gasteiger partial charge is 0.393 e. The van der Waals surface area contributed by atoms with Crippen LogP contribution >= 0.6 is 0 Å². The summed E-state index contributed by atoms with van der Waals surface area (Å²) < 4.78 is 7.34. The number of nitrogens with zero attached hydrogens (tertiary/aromatic N) is 4. The smallest absolute Gasteiger partial charge is 0.269 e. The first-order valence-corrected chi connectivity index (χ1v) is 11.5. The number of amides is 1. The topological polar surface area (TPSA) is 132 Å². The lowest BCUT2D eigenvalue weighted by Gasteiger charge is -2.20. The van der Waals surface area contributed by atoms with Crippen LogP contribution in [0.25, 0.3) is 0 Å². The van der Waals surface area contributed by atoms with Crippen LogP contribution in [0.2, 0.25) is 0 Å². The van der Waals surface area contributed by atoms with Crippen LogP contribution in [0.15, 0.2) is 48.3 Å². The van der Waals surface area contributed by atoms with E-state index in [4.69, 9.17) is 21.4 Å². The SMILES string of the molecule is CN(C)c1cc(C2CCOCC2)nn1CCC(C=O)NC(=O)/C(N)=C/N(N)Cc1ccccc1. The van der Waals surface area contributed by atoms with E-state index in [1.807, 2.05) is 54.0 Å². The Hall–Kier alpha value is -3.37. The number of hydrogen-bond acceptors (Lipinski definition) is 8. The summed E-state index contributed by atoms with van der Waals surface area (Å²) in [6, 6.07) is 11.0. The molecule has 1 amide bonds. The molecule has 3 rings (SSSR count). The van der Waals surface area contributed by atoms with Crippen molar-refractivity contribution in [1.82, 2.24) is 20.1 Å². The average Bonchev–Trinajstić information content (AvgIpc) is 3.27. The van der Waals surface area contributed by atoms with Crippen LogP contribution in [0.5, 0.6) is 0 Å². The van der Waals surface area contributed by atoms with Gasteiger partial charge in [0.05, 0.1) is 18.3 Å². The summed E-state index contributed by atoms with van der Waals surface area (Å²) in [5.41, 5.74) is 7.86. The summed E-state index contributed by atoms with van der Waals surface area (Å²) in [4.78, 5) is 26.2. The molecule has 1 unspecified atom stereocenters. The fourth-order valence-corrected chi connectivity index (χ4v) is 3.91. The van der Waals surface area contributed by atoms with E-state index in [0.29, 0.717) is 31.7 Å². The quantitative estimate of drug-likeness (QED) is 0.193. The molecule has 10 heteroatoms. The van der Waals surface area contributed by atoms with Crippen molar-refractivity contribution in [3.05, 3.63) is 59.6 Å². The maximum Gasteiger partial charge on any atom is 0.269 e. The Morgan fingerprint density at radius 3 is 2.65 bits per heavy atom. The maximum absolute atomic E-state index is 12.5. The number of ether oxygens (including phenoxy) is 1. The van der Waals surface area contributed by atoms with Gasteiger partial charge in [0.1, 0.15) is 17.8 Å². The summed E-state index contributed by atoms with van der Waals surface area (Å²) in [7, 11) is 3.92. The van der Waals surface area contributed by atoms with Gasteiger partial charge in [0, 0.05) is 52.0 Å². The van der Waals surface area contributed by atoms with Gasteiger partial charge in [-0.3, -0.25) is 4.79 Å².